The van der Waals surface area contributed by atoms with Crippen molar-refractivity contribution in [2.45, 2.75) is 25.0 Å². The zero-order chi connectivity index (χ0) is 7.40. The van der Waals surface area contributed by atoms with Gasteiger partial charge < -0.3 is 4.74 Å². The third kappa shape index (κ3) is 2.60. The molecule has 0 aromatic heterocycles. The van der Waals surface area contributed by atoms with Gasteiger partial charge in [-0.05, 0) is 18.6 Å². The van der Waals surface area contributed by atoms with E-state index in [9.17, 15) is 4.79 Å². The Balaban J connectivity index is 2.07. The van der Waals surface area contributed by atoms with Gasteiger partial charge in [-0.3, -0.25) is 4.79 Å². The third-order valence-electron chi connectivity index (χ3n) is 1.50. The van der Waals surface area contributed by atoms with Crippen molar-refractivity contribution in [3.63, 3.8) is 0 Å². The average molecular weight is 160 g/mol. The van der Waals surface area contributed by atoms with E-state index in [1.54, 1.807) is 0 Å². The Labute approximate surface area is 65.3 Å². The second-order valence-electron chi connectivity index (χ2n) is 2.44. The van der Waals surface area contributed by atoms with Gasteiger partial charge in [0.2, 0.25) is 0 Å². The molecule has 0 aromatic rings. The van der Waals surface area contributed by atoms with Crippen LogP contribution < -0.4 is 0 Å². The predicted molar refractivity (Wildman–Crippen MR) is 42.1 cm³/mol. The molecule has 58 valence electrons. The molecule has 0 amide bonds. The van der Waals surface area contributed by atoms with Crippen molar-refractivity contribution in [2.24, 2.45) is 0 Å². The normalized spacial score (nSPS) is 24.7. The lowest BCUT2D eigenvalue weighted by Gasteiger charge is -2.06. The first-order valence-electron chi connectivity index (χ1n) is 3.54. The molecule has 1 aliphatic heterocycles. The maximum atomic E-state index is 10.4. The van der Waals surface area contributed by atoms with Gasteiger partial charge in [-0.15, -0.1) is 0 Å². The largest absolute Gasteiger partial charge is 0.465 e. The minimum Gasteiger partial charge on any atom is -0.465 e. The van der Waals surface area contributed by atoms with E-state index >= 15 is 0 Å². The number of hydrogen-bond acceptors (Lipinski definition) is 3. The Morgan fingerprint density at radius 1 is 1.80 bits per heavy atom. The summed E-state index contributed by atoms with van der Waals surface area (Å²) < 4.78 is 4.87. The highest BCUT2D eigenvalue weighted by molar-refractivity contribution is 8.00. The summed E-state index contributed by atoms with van der Waals surface area (Å²) in [6.45, 7) is 2.07. The lowest BCUT2D eigenvalue weighted by molar-refractivity contribution is -0.140. The minimum absolute atomic E-state index is 0.160. The first kappa shape index (κ1) is 7.92. The summed E-state index contributed by atoms with van der Waals surface area (Å²) >= 11 is 1.91. The predicted octanol–water partition coefficient (Wildman–Crippen LogP) is 1.45. The molecule has 1 atom stereocenters. The van der Waals surface area contributed by atoms with Crippen molar-refractivity contribution in [2.75, 3.05) is 12.4 Å². The number of carbonyl (C=O) groups excluding carboxylic acids is 1. The molecule has 0 aliphatic carbocycles. The Morgan fingerprint density at radius 3 is 3.10 bits per heavy atom. The van der Waals surface area contributed by atoms with Crippen LogP contribution in [0.15, 0.2) is 0 Å². The van der Waals surface area contributed by atoms with Crippen LogP contribution in [0.1, 0.15) is 19.8 Å². The Hall–Kier alpha value is -0.180. The summed E-state index contributed by atoms with van der Waals surface area (Å²) in [5, 5.41) is 0.573. The fourth-order valence-electron chi connectivity index (χ4n) is 0.986. The minimum atomic E-state index is -0.160. The lowest BCUT2D eigenvalue weighted by atomic mass is 10.3. The molecule has 0 aromatic carbocycles. The van der Waals surface area contributed by atoms with Gasteiger partial charge in [0.1, 0.15) is 6.61 Å². The quantitative estimate of drug-likeness (QED) is 0.572. The van der Waals surface area contributed by atoms with Crippen LogP contribution in [0.2, 0.25) is 0 Å². The molecule has 1 fully saturated rings. The van der Waals surface area contributed by atoms with Crippen LogP contribution in [0.25, 0.3) is 0 Å². The molecule has 0 radical (unpaired) electrons. The van der Waals surface area contributed by atoms with Gasteiger partial charge in [0.25, 0.3) is 0 Å². The summed E-state index contributed by atoms with van der Waals surface area (Å²) in [6.07, 6.45) is 2.48. The van der Waals surface area contributed by atoms with Crippen LogP contribution in [0.5, 0.6) is 0 Å². The van der Waals surface area contributed by atoms with Gasteiger partial charge in [-0.2, -0.15) is 11.8 Å². The summed E-state index contributed by atoms with van der Waals surface area (Å²) in [7, 11) is 0. The Bertz CT molecular complexity index is 119. The number of hydrogen-bond donors (Lipinski definition) is 0. The third-order valence-corrected chi connectivity index (χ3v) is 2.86. The molecule has 1 saturated heterocycles. The van der Waals surface area contributed by atoms with E-state index in [1.165, 1.54) is 25.5 Å². The molecular formula is C7H12O2S. The molecular weight excluding hydrogens is 148 g/mol. The monoisotopic (exact) mass is 160 g/mol. The molecule has 0 bridgehead atoms. The number of thioether (sulfide) groups is 1. The molecule has 1 unspecified atom stereocenters. The van der Waals surface area contributed by atoms with Crippen molar-refractivity contribution in [3.8, 4) is 0 Å². The van der Waals surface area contributed by atoms with Gasteiger partial charge >= 0.3 is 5.97 Å². The molecule has 0 saturated carbocycles. The van der Waals surface area contributed by atoms with Crippen molar-refractivity contribution in [3.05, 3.63) is 0 Å². The lowest BCUT2D eigenvalue weighted by Crippen LogP contribution is -2.10. The van der Waals surface area contributed by atoms with Gasteiger partial charge in [0, 0.05) is 12.2 Å². The number of rotatable bonds is 2. The average Bonchev–Trinajstić information content (AvgIpc) is 2.34. The van der Waals surface area contributed by atoms with E-state index in [2.05, 4.69) is 0 Å². The molecule has 2 nitrogen and oxygen atoms in total. The summed E-state index contributed by atoms with van der Waals surface area (Å²) in [4.78, 5) is 10.4. The fraction of sp³-hybridized carbons (Fsp3) is 0.857. The molecule has 0 N–H and O–H groups in total. The first-order chi connectivity index (χ1) is 4.79. The van der Waals surface area contributed by atoms with Gasteiger partial charge in [0.05, 0.1) is 0 Å². The smallest absolute Gasteiger partial charge is 0.302 e. The van der Waals surface area contributed by atoms with E-state index in [0.717, 1.165) is 0 Å². The molecule has 1 aliphatic rings. The van der Waals surface area contributed by atoms with Crippen LogP contribution in [-0.4, -0.2) is 23.6 Å². The van der Waals surface area contributed by atoms with Crippen LogP contribution in [-0.2, 0) is 9.53 Å². The van der Waals surface area contributed by atoms with E-state index in [-0.39, 0.29) is 5.97 Å². The first-order valence-corrected chi connectivity index (χ1v) is 4.59. The Kier molecular flexibility index (Phi) is 3.06. The SMILES string of the molecule is CC(=O)OCC1CCCS1. The molecule has 1 rings (SSSR count). The standard InChI is InChI=1S/C7H12O2S/c1-6(8)9-5-7-3-2-4-10-7/h7H,2-5H2,1H3. The van der Waals surface area contributed by atoms with Crippen LogP contribution in [0.4, 0.5) is 0 Å². The highest BCUT2D eigenvalue weighted by atomic mass is 32.2. The van der Waals surface area contributed by atoms with Crippen molar-refractivity contribution in [1.29, 1.82) is 0 Å². The van der Waals surface area contributed by atoms with E-state index in [1.807, 2.05) is 11.8 Å². The number of esters is 1. The summed E-state index contributed by atoms with van der Waals surface area (Å²) in [5.41, 5.74) is 0. The second kappa shape index (κ2) is 3.86. The zero-order valence-electron chi connectivity index (χ0n) is 6.13. The molecule has 10 heavy (non-hydrogen) atoms. The summed E-state index contributed by atoms with van der Waals surface area (Å²) in [6, 6.07) is 0. The van der Waals surface area contributed by atoms with E-state index in [4.69, 9.17) is 4.74 Å². The number of carbonyl (C=O) groups is 1. The highest BCUT2D eigenvalue weighted by Crippen LogP contribution is 2.25. The van der Waals surface area contributed by atoms with Gasteiger partial charge in [-0.25, -0.2) is 0 Å². The maximum absolute atomic E-state index is 10.4. The van der Waals surface area contributed by atoms with E-state index < -0.39 is 0 Å². The maximum Gasteiger partial charge on any atom is 0.302 e. The van der Waals surface area contributed by atoms with Crippen molar-refractivity contribution in [1.82, 2.24) is 0 Å². The topological polar surface area (TPSA) is 26.3 Å². The zero-order valence-corrected chi connectivity index (χ0v) is 6.95. The molecule has 0 spiro atoms. The summed E-state index contributed by atoms with van der Waals surface area (Å²) in [5.74, 6) is 1.07. The second-order valence-corrected chi connectivity index (χ2v) is 3.85. The number of ether oxygens (including phenoxy) is 1. The molecule has 1 heterocycles. The molecule has 3 heteroatoms. The Morgan fingerprint density at radius 2 is 2.60 bits per heavy atom. The van der Waals surface area contributed by atoms with Crippen LogP contribution in [0.3, 0.4) is 0 Å². The van der Waals surface area contributed by atoms with Crippen LogP contribution >= 0.6 is 11.8 Å². The van der Waals surface area contributed by atoms with Crippen molar-refractivity contribution >= 4 is 17.7 Å². The van der Waals surface area contributed by atoms with E-state index in [0.29, 0.717) is 11.9 Å². The van der Waals surface area contributed by atoms with Gasteiger partial charge in [0.15, 0.2) is 0 Å². The van der Waals surface area contributed by atoms with Gasteiger partial charge in [-0.1, -0.05) is 0 Å². The van der Waals surface area contributed by atoms with Crippen LogP contribution in [0, 0.1) is 0 Å². The highest BCUT2D eigenvalue weighted by Gasteiger charge is 2.16. The fourth-order valence-corrected chi connectivity index (χ4v) is 2.15. The van der Waals surface area contributed by atoms with Crippen molar-refractivity contribution < 1.29 is 9.53 Å².